The first-order valence-electron chi connectivity index (χ1n) is 10.9. The summed E-state index contributed by atoms with van der Waals surface area (Å²) < 4.78 is 7.99. The molecule has 1 fully saturated rings. The lowest BCUT2D eigenvalue weighted by Crippen LogP contribution is -2.49. The van der Waals surface area contributed by atoms with E-state index in [1.165, 1.54) is 5.56 Å². The number of nitrogens with one attached hydrogen (secondary N) is 1. The van der Waals surface area contributed by atoms with E-state index < -0.39 is 0 Å². The number of likely N-dealkylation sites (tertiary alicyclic amines) is 1. The zero-order chi connectivity index (χ0) is 20.5. The number of hydrogen-bond donors (Lipinski definition) is 1. The van der Waals surface area contributed by atoms with Crippen LogP contribution in [0.4, 0.5) is 0 Å². The van der Waals surface area contributed by atoms with Crippen LogP contribution in [-0.4, -0.2) is 53.2 Å². The predicted molar refractivity (Wildman–Crippen MR) is 119 cm³/mol. The number of hydrogen-bond acceptors (Lipinski definition) is 3. The van der Waals surface area contributed by atoms with Gasteiger partial charge in [-0.1, -0.05) is 26.0 Å². The van der Waals surface area contributed by atoms with Gasteiger partial charge in [0.1, 0.15) is 5.75 Å². The van der Waals surface area contributed by atoms with E-state index in [0.717, 1.165) is 63.8 Å². The third-order valence-corrected chi connectivity index (χ3v) is 5.49. The number of benzene rings is 1. The molecule has 2 atom stereocenters. The van der Waals surface area contributed by atoms with Crippen molar-refractivity contribution in [2.75, 3.05) is 32.8 Å². The van der Waals surface area contributed by atoms with E-state index in [4.69, 9.17) is 9.73 Å². The molecule has 0 spiro atoms. The molecule has 2 heterocycles. The van der Waals surface area contributed by atoms with Gasteiger partial charge in [0.05, 0.1) is 19.0 Å². The van der Waals surface area contributed by atoms with Crippen LogP contribution in [-0.2, 0) is 6.42 Å². The summed E-state index contributed by atoms with van der Waals surface area (Å²) in [6.07, 6.45) is 8.96. The van der Waals surface area contributed by atoms with Crippen molar-refractivity contribution in [1.82, 2.24) is 19.8 Å². The number of guanidine groups is 1. The zero-order valence-electron chi connectivity index (χ0n) is 18.1. The first kappa shape index (κ1) is 21.2. The highest BCUT2D eigenvalue weighted by Gasteiger charge is 2.28. The summed E-state index contributed by atoms with van der Waals surface area (Å²) in [6.45, 7) is 11.0. The number of aliphatic imine (C=N–C) groups is 1. The molecule has 0 aliphatic carbocycles. The lowest BCUT2D eigenvalue weighted by Gasteiger charge is -2.39. The molecular weight excluding hydrogens is 362 g/mol. The lowest BCUT2D eigenvalue weighted by molar-refractivity contribution is 0.189. The Balaban J connectivity index is 1.62. The van der Waals surface area contributed by atoms with E-state index in [1.54, 1.807) is 0 Å². The van der Waals surface area contributed by atoms with Gasteiger partial charge in [-0.2, -0.15) is 0 Å². The van der Waals surface area contributed by atoms with E-state index in [0.29, 0.717) is 12.0 Å². The SMILES string of the molecule is CCCOc1cccc(CCN=C(NCC)N2CCC(C)C(n3ccnc3)C2)c1. The van der Waals surface area contributed by atoms with E-state index >= 15 is 0 Å². The molecule has 0 radical (unpaired) electrons. The predicted octanol–water partition coefficient (Wildman–Crippen LogP) is 3.76. The molecule has 6 nitrogen and oxygen atoms in total. The minimum atomic E-state index is 0.433. The topological polar surface area (TPSA) is 54.7 Å². The molecule has 29 heavy (non-hydrogen) atoms. The van der Waals surface area contributed by atoms with Crippen molar-refractivity contribution in [1.29, 1.82) is 0 Å². The molecule has 1 aliphatic heterocycles. The van der Waals surface area contributed by atoms with Crippen LogP contribution in [0.3, 0.4) is 0 Å². The van der Waals surface area contributed by atoms with Crippen LogP contribution in [0.15, 0.2) is 48.0 Å². The highest BCUT2D eigenvalue weighted by Crippen LogP contribution is 2.27. The maximum Gasteiger partial charge on any atom is 0.193 e. The van der Waals surface area contributed by atoms with Crippen molar-refractivity contribution in [3.63, 3.8) is 0 Å². The summed E-state index contributed by atoms with van der Waals surface area (Å²) in [5, 5.41) is 3.48. The molecule has 2 unspecified atom stereocenters. The number of aromatic nitrogens is 2. The minimum Gasteiger partial charge on any atom is -0.494 e. The van der Waals surface area contributed by atoms with Gasteiger partial charge in [-0.15, -0.1) is 0 Å². The molecule has 0 bridgehead atoms. The van der Waals surface area contributed by atoms with E-state index in [2.05, 4.69) is 64.9 Å². The Morgan fingerprint density at radius 1 is 1.34 bits per heavy atom. The Labute approximate surface area is 175 Å². The van der Waals surface area contributed by atoms with Gasteiger partial charge >= 0.3 is 0 Å². The molecule has 0 saturated carbocycles. The van der Waals surface area contributed by atoms with Crippen LogP contribution >= 0.6 is 0 Å². The summed E-state index contributed by atoms with van der Waals surface area (Å²) in [7, 11) is 0. The Morgan fingerprint density at radius 2 is 2.24 bits per heavy atom. The lowest BCUT2D eigenvalue weighted by atomic mass is 9.93. The highest BCUT2D eigenvalue weighted by atomic mass is 16.5. The second-order valence-electron chi connectivity index (χ2n) is 7.77. The monoisotopic (exact) mass is 397 g/mol. The van der Waals surface area contributed by atoms with Crippen molar-refractivity contribution in [2.24, 2.45) is 10.9 Å². The van der Waals surface area contributed by atoms with Crippen LogP contribution in [0.1, 0.15) is 45.2 Å². The summed E-state index contributed by atoms with van der Waals surface area (Å²) in [4.78, 5) is 11.6. The molecular formula is C23H35N5O. The number of ether oxygens (including phenoxy) is 1. The van der Waals surface area contributed by atoms with Crippen LogP contribution < -0.4 is 10.1 Å². The standard InChI is InChI=1S/C23H35N5O/c1-4-15-29-21-8-6-7-20(16-21)9-11-26-23(25-5-2)27-13-10-19(3)22(17-27)28-14-12-24-18-28/h6-8,12,14,16,18-19,22H,4-5,9-11,13,15,17H2,1-3H3,(H,25,26). The largest absolute Gasteiger partial charge is 0.494 e. The van der Waals surface area contributed by atoms with Crippen LogP contribution in [0, 0.1) is 5.92 Å². The number of piperidine rings is 1. The molecule has 1 aliphatic rings. The first-order chi connectivity index (χ1) is 14.2. The van der Waals surface area contributed by atoms with Gasteiger partial charge in [0, 0.05) is 38.6 Å². The fraction of sp³-hybridized carbons (Fsp3) is 0.565. The zero-order valence-corrected chi connectivity index (χ0v) is 18.1. The molecule has 0 amide bonds. The van der Waals surface area contributed by atoms with Crippen molar-refractivity contribution in [2.45, 2.75) is 46.1 Å². The molecule has 1 aromatic carbocycles. The summed E-state index contributed by atoms with van der Waals surface area (Å²) in [6, 6.07) is 8.81. The second kappa shape index (κ2) is 10.9. The van der Waals surface area contributed by atoms with E-state index in [9.17, 15) is 0 Å². The Hall–Kier alpha value is -2.50. The third kappa shape index (κ3) is 5.99. The maximum atomic E-state index is 5.75. The minimum absolute atomic E-state index is 0.433. The maximum absolute atomic E-state index is 5.75. The first-order valence-corrected chi connectivity index (χ1v) is 10.9. The van der Waals surface area contributed by atoms with Gasteiger partial charge in [-0.3, -0.25) is 4.99 Å². The van der Waals surface area contributed by atoms with E-state index in [-0.39, 0.29) is 0 Å². The molecule has 1 aromatic heterocycles. The fourth-order valence-electron chi connectivity index (χ4n) is 3.82. The van der Waals surface area contributed by atoms with Gasteiger partial charge in [-0.05, 0) is 49.8 Å². The van der Waals surface area contributed by atoms with E-state index in [1.807, 2.05) is 18.6 Å². The van der Waals surface area contributed by atoms with Gasteiger partial charge in [-0.25, -0.2) is 4.98 Å². The average molecular weight is 398 g/mol. The molecule has 1 saturated heterocycles. The average Bonchev–Trinajstić information content (AvgIpc) is 3.27. The van der Waals surface area contributed by atoms with Crippen molar-refractivity contribution in [3.8, 4) is 5.75 Å². The molecule has 158 valence electrons. The number of rotatable bonds is 8. The van der Waals surface area contributed by atoms with Crippen molar-refractivity contribution in [3.05, 3.63) is 48.5 Å². The van der Waals surface area contributed by atoms with Crippen LogP contribution in [0.25, 0.3) is 0 Å². The van der Waals surface area contributed by atoms with Gasteiger partial charge in [0.2, 0.25) is 0 Å². The third-order valence-electron chi connectivity index (χ3n) is 5.49. The van der Waals surface area contributed by atoms with Crippen molar-refractivity contribution >= 4 is 5.96 Å². The smallest absolute Gasteiger partial charge is 0.193 e. The summed E-state index contributed by atoms with van der Waals surface area (Å²) in [5.41, 5.74) is 1.27. The Kier molecular flexibility index (Phi) is 7.96. The normalized spacial score (nSPS) is 20.0. The Bertz CT molecular complexity index is 758. The molecule has 2 aromatic rings. The Morgan fingerprint density at radius 3 is 3.00 bits per heavy atom. The second-order valence-corrected chi connectivity index (χ2v) is 7.77. The van der Waals surface area contributed by atoms with Crippen molar-refractivity contribution < 1.29 is 4.74 Å². The van der Waals surface area contributed by atoms with Gasteiger partial charge in [0.15, 0.2) is 5.96 Å². The number of nitrogens with zero attached hydrogens (tertiary/aromatic N) is 4. The highest BCUT2D eigenvalue weighted by molar-refractivity contribution is 5.80. The van der Waals surface area contributed by atoms with Crippen LogP contribution in [0.5, 0.6) is 5.75 Å². The number of imidazole rings is 1. The summed E-state index contributed by atoms with van der Waals surface area (Å²) in [5.74, 6) is 2.60. The summed E-state index contributed by atoms with van der Waals surface area (Å²) >= 11 is 0. The van der Waals surface area contributed by atoms with Gasteiger partial charge < -0.3 is 19.5 Å². The molecule has 6 heteroatoms. The van der Waals surface area contributed by atoms with Crippen LogP contribution in [0.2, 0.25) is 0 Å². The molecule has 1 N–H and O–H groups in total. The molecule has 3 rings (SSSR count). The quantitative estimate of drug-likeness (QED) is 0.544. The fourth-order valence-corrected chi connectivity index (χ4v) is 3.82. The van der Waals surface area contributed by atoms with Gasteiger partial charge in [0.25, 0.3) is 0 Å².